The number of hydrogen-bond donors (Lipinski definition) is 2. The summed E-state index contributed by atoms with van der Waals surface area (Å²) >= 11 is 0. The van der Waals surface area contributed by atoms with Gasteiger partial charge < -0.3 is 19.9 Å². The highest BCUT2D eigenvalue weighted by Crippen LogP contribution is 2.30. The van der Waals surface area contributed by atoms with Crippen molar-refractivity contribution >= 4 is 11.8 Å². The number of anilines is 1. The van der Waals surface area contributed by atoms with Crippen LogP contribution in [0.1, 0.15) is 20.3 Å². The Kier molecular flexibility index (Phi) is 4.39. The number of hydrogen-bond acceptors (Lipinski definition) is 6. The average molecular weight is 281 g/mol. The van der Waals surface area contributed by atoms with Crippen LogP contribution in [0.4, 0.5) is 5.82 Å². The number of ether oxygens (including phenoxy) is 2. The minimum Gasteiger partial charge on any atom is -0.481 e. The molecule has 0 spiro atoms. The van der Waals surface area contributed by atoms with Gasteiger partial charge in [-0.25, -0.2) is 0 Å². The highest BCUT2D eigenvalue weighted by molar-refractivity contribution is 5.76. The van der Waals surface area contributed by atoms with Crippen LogP contribution < -0.4 is 10.1 Å². The van der Waals surface area contributed by atoms with Crippen molar-refractivity contribution in [2.75, 3.05) is 25.1 Å². The van der Waals surface area contributed by atoms with Gasteiger partial charge in [-0.15, -0.1) is 0 Å². The lowest BCUT2D eigenvalue weighted by Crippen LogP contribution is -2.43. The van der Waals surface area contributed by atoms with Gasteiger partial charge in [-0.3, -0.25) is 9.78 Å². The Morgan fingerprint density at radius 1 is 1.65 bits per heavy atom. The minimum absolute atomic E-state index is 0.180. The lowest BCUT2D eigenvalue weighted by Gasteiger charge is -2.25. The SMILES string of the molecule is CCCOc1cncc(NC2COCC2(C)C(=O)O)n1. The summed E-state index contributed by atoms with van der Waals surface area (Å²) in [6, 6.07) is -0.351. The Morgan fingerprint density at radius 3 is 3.15 bits per heavy atom. The molecule has 0 aromatic carbocycles. The van der Waals surface area contributed by atoms with Crippen LogP contribution >= 0.6 is 0 Å². The van der Waals surface area contributed by atoms with E-state index in [9.17, 15) is 9.90 Å². The van der Waals surface area contributed by atoms with Crippen LogP contribution in [0.2, 0.25) is 0 Å². The molecule has 2 rings (SSSR count). The Labute approximate surface area is 117 Å². The summed E-state index contributed by atoms with van der Waals surface area (Å²) in [5.74, 6) is 0.0215. The Bertz CT molecular complexity index is 482. The normalized spacial score (nSPS) is 25.4. The third-order valence-corrected chi connectivity index (χ3v) is 3.33. The standard InChI is InChI=1S/C13H19N3O4/c1-3-4-20-11-6-14-5-10(16-11)15-9-7-19-8-13(9,2)12(17)18/h5-6,9H,3-4,7-8H2,1-2H3,(H,15,16)(H,17,18). The van der Waals surface area contributed by atoms with Crippen LogP contribution in [-0.2, 0) is 9.53 Å². The predicted molar refractivity (Wildman–Crippen MR) is 71.8 cm³/mol. The molecule has 0 aliphatic carbocycles. The van der Waals surface area contributed by atoms with Crippen molar-refractivity contribution in [3.8, 4) is 5.88 Å². The fraction of sp³-hybridized carbons (Fsp3) is 0.615. The molecule has 2 unspecified atom stereocenters. The quantitative estimate of drug-likeness (QED) is 0.808. The molecule has 1 fully saturated rings. The molecule has 0 radical (unpaired) electrons. The molecule has 7 heteroatoms. The first kappa shape index (κ1) is 14.5. The summed E-state index contributed by atoms with van der Waals surface area (Å²) in [4.78, 5) is 19.6. The second-order valence-corrected chi connectivity index (χ2v) is 5.03. The summed E-state index contributed by atoms with van der Waals surface area (Å²) in [5, 5.41) is 12.4. The van der Waals surface area contributed by atoms with E-state index in [-0.39, 0.29) is 12.6 Å². The van der Waals surface area contributed by atoms with Crippen molar-refractivity contribution < 1.29 is 19.4 Å². The number of carboxylic acids is 1. The molecular weight excluding hydrogens is 262 g/mol. The number of carboxylic acid groups (broad SMARTS) is 1. The first-order valence-corrected chi connectivity index (χ1v) is 6.59. The van der Waals surface area contributed by atoms with E-state index in [2.05, 4.69) is 15.3 Å². The van der Waals surface area contributed by atoms with Gasteiger partial charge in [-0.2, -0.15) is 4.98 Å². The molecule has 0 bridgehead atoms. The Morgan fingerprint density at radius 2 is 2.45 bits per heavy atom. The maximum Gasteiger partial charge on any atom is 0.313 e. The van der Waals surface area contributed by atoms with E-state index in [1.165, 1.54) is 6.20 Å². The molecule has 20 heavy (non-hydrogen) atoms. The van der Waals surface area contributed by atoms with Crippen molar-refractivity contribution in [2.45, 2.75) is 26.3 Å². The van der Waals surface area contributed by atoms with Gasteiger partial charge in [0.05, 0.1) is 38.3 Å². The van der Waals surface area contributed by atoms with E-state index in [4.69, 9.17) is 9.47 Å². The molecule has 0 saturated carbocycles. The average Bonchev–Trinajstić information content (AvgIpc) is 2.80. The van der Waals surface area contributed by atoms with Crippen LogP contribution in [0.15, 0.2) is 12.4 Å². The number of aromatic nitrogens is 2. The van der Waals surface area contributed by atoms with Crippen LogP contribution in [0, 0.1) is 5.41 Å². The minimum atomic E-state index is -0.970. The molecule has 1 saturated heterocycles. The lowest BCUT2D eigenvalue weighted by molar-refractivity contribution is -0.148. The first-order valence-electron chi connectivity index (χ1n) is 6.59. The summed E-state index contributed by atoms with van der Waals surface area (Å²) < 4.78 is 10.7. The largest absolute Gasteiger partial charge is 0.481 e. The zero-order valence-corrected chi connectivity index (χ0v) is 11.6. The van der Waals surface area contributed by atoms with E-state index in [1.54, 1.807) is 13.1 Å². The molecule has 110 valence electrons. The number of nitrogens with one attached hydrogen (secondary N) is 1. The monoisotopic (exact) mass is 281 g/mol. The van der Waals surface area contributed by atoms with Crippen molar-refractivity contribution in [1.29, 1.82) is 0 Å². The molecule has 1 aliphatic rings. The number of rotatable bonds is 6. The van der Waals surface area contributed by atoms with Crippen molar-refractivity contribution in [1.82, 2.24) is 9.97 Å². The zero-order chi connectivity index (χ0) is 14.6. The molecule has 2 atom stereocenters. The van der Waals surface area contributed by atoms with Gasteiger partial charge >= 0.3 is 5.97 Å². The van der Waals surface area contributed by atoms with Crippen LogP contribution in [0.5, 0.6) is 5.88 Å². The second-order valence-electron chi connectivity index (χ2n) is 5.03. The van der Waals surface area contributed by atoms with Gasteiger partial charge in [0.15, 0.2) is 0 Å². The van der Waals surface area contributed by atoms with Crippen LogP contribution in [-0.4, -0.2) is 46.9 Å². The topological polar surface area (TPSA) is 93.6 Å². The fourth-order valence-corrected chi connectivity index (χ4v) is 1.96. The maximum atomic E-state index is 11.4. The van der Waals surface area contributed by atoms with Crippen molar-refractivity contribution in [3.63, 3.8) is 0 Å². The summed E-state index contributed by atoms with van der Waals surface area (Å²) in [6.45, 7) is 4.73. The van der Waals surface area contributed by atoms with Gasteiger partial charge in [-0.1, -0.05) is 6.92 Å². The van der Waals surface area contributed by atoms with Crippen molar-refractivity contribution in [3.05, 3.63) is 12.4 Å². The van der Waals surface area contributed by atoms with Gasteiger partial charge in [0.2, 0.25) is 5.88 Å². The molecule has 2 N–H and O–H groups in total. The molecule has 1 aliphatic heterocycles. The number of aliphatic carboxylic acids is 1. The smallest absolute Gasteiger partial charge is 0.313 e. The Balaban J connectivity index is 2.07. The predicted octanol–water partition coefficient (Wildman–Crippen LogP) is 1.17. The van der Waals surface area contributed by atoms with Gasteiger partial charge in [-0.05, 0) is 13.3 Å². The first-order chi connectivity index (χ1) is 9.56. The summed E-state index contributed by atoms with van der Waals surface area (Å²) in [7, 11) is 0. The summed E-state index contributed by atoms with van der Waals surface area (Å²) in [6.07, 6.45) is 3.95. The van der Waals surface area contributed by atoms with E-state index < -0.39 is 11.4 Å². The maximum absolute atomic E-state index is 11.4. The molecule has 7 nitrogen and oxygen atoms in total. The van der Waals surface area contributed by atoms with Crippen LogP contribution in [0.25, 0.3) is 0 Å². The molecule has 1 aromatic rings. The van der Waals surface area contributed by atoms with E-state index in [0.717, 1.165) is 6.42 Å². The van der Waals surface area contributed by atoms with E-state index in [0.29, 0.717) is 24.9 Å². The van der Waals surface area contributed by atoms with Gasteiger partial charge in [0.25, 0.3) is 0 Å². The molecule has 1 aromatic heterocycles. The third-order valence-electron chi connectivity index (χ3n) is 3.33. The second kappa shape index (κ2) is 6.04. The van der Waals surface area contributed by atoms with Crippen molar-refractivity contribution in [2.24, 2.45) is 5.41 Å². The number of nitrogens with zero attached hydrogens (tertiary/aromatic N) is 2. The summed E-state index contributed by atoms with van der Waals surface area (Å²) in [5.41, 5.74) is -0.970. The number of carbonyl (C=O) groups is 1. The van der Waals surface area contributed by atoms with Gasteiger partial charge in [0.1, 0.15) is 11.2 Å². The highest BCUT2D eigenvalue weighted by atomic mass is 16.5. The highest BCUT2D eigenvalue weighted by Gasteiger charge is 2.46. The Hall–Kier alpha value is -1.89. The van der Waals surface area contributed by atoms with Crippen LogP contribution in [0.3, 0.4) is 0 Å². The fourth-order valence-electron chi connectivity index (χ4n) is 1.96. The molecule has 2 heterocycles. The van der Waals surface area contributed by atoms with E-state index >= 15 is 0 Å². The molecular formula is C13H19N3O4. The lowest BCUT2D eigenvalue weighted by atomic mass is 9.85. The molecule has 0 amide bonds. The van der Waals surface area contributed by atoms with E-state index in [1.807, 2.05) is 6.92 Å². The third kappa shape index (κ3) is 2.98. The zero-order valence-electron chi connectivity index (χ0n) is 11.6. The van der Waals surface area contributed by atoms with Gasteiger partial charge in [0, 0.05) is 0 Å².